The molecule has 0 aliphatic carbocycles. The van der Waals surface area contributed by atoms with Crippen molar-refractivity contribution in [3.8, 4) is 22.6 Å². The van der Waals surface area contributed by atoms with E-state index in [1.807, 2.05) is 20.0 Å². The van der Waals surface area contributed by atoms with E-state index in [9.17, 15) is 0 Å². The molecular formula is C12H12BrN3O2. The van der Waals surface area contributed by atoms with Crippen LogP contribution in [-0.2, 0) is 7.05 Å². The summed E-state index contributed by atoms with van der Waals surface area (Å²) in [5, 5.41) is 4.16. The summed E-state index contributed by atoms with van der Waals surface area (Å²) >= 11 is 3.49. The summed E-state index contributed by atoms with van der Waals surface area (Å²) in [4.78, 5) is 0. The summed E-state index contributed by atoms with van der Waals surface area (Å²) in [6.45, 7) is 2.24. The van der Waals surface area contributed by atoms with Crippen LogP contribution >= 0.6 is 15.9 Å². The van der Waals surface area contributed by atoms with Crippen LogP contribution in [0, 0.1) is 6.92 Å². The molecule has 0 saturated heterocycles. The molecule has 0 saturated carbocycles. The quantitative estimate of drug-likeness (QED) is 0.879. The molecule has 6 heteroatoms. The van der Waals surface area contributed by atoms with Gasteiger partial charge in [0.25, 0.3) is 0 Å². The van der Waals surface area contributed by atoms with E-state index < -0.39 is 0 Å². The van der Waals surface area contributed by atoms with E-state index >= 15 is 0 Å². The van der Waals surface area contributed by atoms with Crippen molar-refractivity contribution < 1.29 is 9.47 Å². The largest absolute Gasteiger partial charge is 0.453 e. The van der Waals surface area contributed by atoms with Crippen molar-refractivity contribution in [2.45, 2.75) is 6.92 Å². The number of aromatic nitrogens is 2. The predicted octanol–water partition coefficient (Wildman–Crippen LogP) is 2.47. The minimum absolute atomic E-state index is 0.251. The summed E-state index contributed by atoms with van der Waals surface area (Å²) in [5.41, 5.74) is 8.91. The van der Waals surface area contributed by atoms with Gasteiger partial charge >= 0.3 is 0 Å². The maximum absolute atomic E-state index is 6.01. The fourth-order valence-electron chi connectivity index (χ4n) is 2.09. The van der Waals surface area contributed by atoms with Crippen LogP contribution in [0.15, 0.2) is 16.7 Å². The van der Waals surface area contributed by atoms with E-state index in [-0.39, 0.29) is 6.79 Å². The Kier molecular flexibility index (Phi) is 2.48. The molecule has 0 spiro atoms. The van der Waals surface area contributed by atoms with Crippen molar-refractivity contribution in [2.75, 3.05) is 12.5 Å². The number of nitrogen functional groups attached to an aromatic ring is 1. The number of aryl methyl sites for hydroxylation is 1. The molecule has 0 bridgehead atoms. The molecule has 0 fully saturated rings. The molecule has 1 aromatic carbocycles. The zero-order chi connectivity index (χ0) is 12.9. The standard InChI is InChI=1S/C12H12BrN3O2/c1-6-7(8-4-15-16(2)12(8)14)3-9(13)11-10(6)17-5-18-11/h3-4H,5,14H2,1-2H3. The first kappa shape index (κ1) is 11.4. The Morgan fingerprint density at radius 1 is 1.33 bits per heavy atom. The van der Waals surface area contributed by atoms with Gasteiger partial charge < -0.3 is 15.2 Å². The van der Waals surface area contributed by atoms with Gasteiger partial charge in [0.05, 0.1) is 10.7 Å². The topological polar surface area (TPSA) is 62.3 Å². The van der Waals surface area contributed by atoms with Crippen molar-refractivity contribution >= 4 is 21.7 Å². The normalized spacial score (nSPS) is 13.1. The molecule has 0 atom stereocenters. The number of nitrogens with two attached hydrogens (primary N) is 1. The Bertz CT molecular complexity index is 637. The molecule has 5 nitrogen and oxygen atoms in total. The number of fused-ring (bicyclic) bond motifs is 1. The SMILES string of the molecule is Cc1c(-c2cnn(C)c2N)cc(Br)c2c1OCO2. The van der Waals surface area contributed by atoms with Crippen LogP contribution in [-0.4, -0.2) is 16.6 Å². The lowest BCUT2D eigenvalue weighted by Gasteiger charge is -2.10. The van der Waals surface area contributed by atoms with Gasteiger partial charge in [-0.1, -0.05) is 0 Å². The van der Waals surface area contributed by atoms with Crippen LogP contribution in [0.5, 0.6) is 11.5 Å². The van der Waals surface area contributed by atoms with Gasteiger partial charge in [-0.25, -0.2) is 0 Å². The van der Waals surface area contributed by atoms with Crippen LogP contribution < -0.4 is 15.2 Å². The van der Waals surface area contributed by atoms with E-state index in [0.29, 0.717) is 5.82 Å². The number of rotatable bonds is 1. The monoisotopic (exact) mass is 309 g/mol. The number of ether oxygens (including phenoxy) is 2. The number of nitrogens with zero attached hydrogens (tertiary/aromatic N) is 2. The van der Waals surface area contributed by atoms with Crippen molar-refractivity contribution in [1.82, 2.24) is 9.78 Å². The lowest BCUT2D eigenvalue weighted by atomic mass is 10.0. The molecule has 0 radical (unpaired) electrons. The predicted molar refractivity (Wildman–Crippen MR) is 71.6 cm³/mol. The molecule has 1 aliphatic rings. The third-order valence-corrected chi connectivity index (χ3v) is 3.71. The number of benzene rings is 1. The Labute approximate surface area is 113 Å². The van der Waals surface area contributed by atoms with Crippen LogP contribution in [0.25, 0.3) is 11.1 Å². The fourth-order valence-corrected chi connectivity index (χ4v) is 2.61. The zero-order valence-electron chi connectivity index (χ0n) is 10.0. The number of anilines is 1. The smallest absolute Gasteiger partial charge is 0.231 e. The number of hydrogen-bond donors (Lipinski definition) is 1. The van der Waals surface area contributed by atoms with Gasteiger partial charge in [0.2, 0.25) is 6.79 Å². The first-order valence-electron chi connectivity index (χ1n) is 5.46. The van der Waals surface area contributed by atoms with Gasteiger partial charge in [0, 0.05) is 18.2 Å². The van der Waals surface area contributed by atoms with Gasteiger partial charge in [-0.2, -0.15) is 5.10 Å². The zero-order valence-corrected chi connectivity index (χ0v) is 11.6. The van der Waals surface area contributed by atoms with Gasteiger partial charge in [0.15, 0.2) is 11.5 Å². The van der Waals surface area contributed by atoms with Crippen LogP contribution in [0.4, 0.5) is 5.82 Å². The summed E-state index contributed by atoms with van der Waals surface area (Å²) < 4.78 is 13.4. The lowest BCUT2D eigenvalue weighted by molar-refractivity contribution is 0.173. The second-order valence-corrected chi connectivity index (χ2v) is 5.02. The van der Waals surface area contributed by atoms with E-state index in [2.05, 4.69) is 21.0 Å². The molecule has 2 aromatic rings. The third kappa shape index (κ3) is 1.49. The second kappa shape index (κ2) is 3.91. The highest BCUT2D eigenvalue weighted by molar-refractivity contribution is 9.10. The van der Waals surface area contributed by atoms with E-state index in [1.54, 1.807) is 10.9 Å². The minimum atomic E-state index is 0.251. The Morgan fingerprint density at radius 3 is 2.72 bits per heavy atom. The minimum Gasteiger partial charge on any atom is -0.453 e. The van der Waals surface area contributed by atoms with Crippen molar-refractivity contribution in [1.29, 1.82) is 0 Å². The van der Waals surface area contributed by atoms with Gasteiger partial charge in [-0.3, -0.25) is 4.68 Å². The lowest BCUT2D eigenvalue weighted by Crippen LogP contribution is -1.98. The van der Waals surface area contributed by atoms with Gasteiger partial charge in [-0.15, -0.1) is 0 Å². The molecule has 0 amide bonds. The maximum Gasteiger partial charge on any atom is 0.231 e. The van der Waals surface area contributed by atoms with Gasteiger partial charge in [-0.05, 0) is 34.5 Å². The Balaban J connectivity index is 2.25. The van der Waals surface area contributed by atoms with Crippen molar-refractivity contribution in [3.05, 3.63) is 22.3 Å². The molecule has 94 valence electrons. The number of halogens is 1. The van der Waals surface area contributed by atoms with Crippen LogP contribution in [0.2, 0.25) is 0 Å². The first-order valence-corrected chi connectivity index (χ1v) is 6.25. The van der Waals surface area contributed by atoms with Crippen molar-refractivity contribution in [2.24, 2.45) is 7.05 Å². The average molecular weight is 310 g/mol. The Hall–Kier alpha value is -1.69. The van der Waals surface area contributed by atoms with Gasteiger partial charge in [0.1, 0.15) is 5.82 Å². The summed E-state index contributed by atoms with van der Waals surface area (Å²) in [7, 11) is 1.82. The average Bonchev–Trinajstić information content (AvgIpc) is 2.94. The van der Waals surface area contributed by atoms with E-state index in [0.717, 1.165) is 32.7 Å². The summed E-state index contributed by atoms with van der Waals surface area (Å²) in [6, 6.07) is 1.98. The number of hydrogen-bond acceptors (Lipinski definition) is 4. The first-order chi connectivity index (χ1) is 8.59. The molecule has 18 heavy (non-hydrogen) atoms. The van der Waals surface area contributed by atoms with E-state index in [4.69, 9.17) is 15.2 Å². The third-order valence-electron chi connectivity index (χ3n) is 3.12. The second-order valence-electron chi connectivity index (χ2n) is 4.16. The molecule has 1 aliphatic heterocycles. The maximum atomic E-state index is 6.01. The summed E-state index contributed by atoms with van der Waals surface area (Å²) in [5.74, 6) is 2.14. The molecule has 1 aromatic heterocycles. The van der Waals surface area contributed by atoms with Crippen molar-refractivity contribution in [3.63, 3.8) is 0 Å². The molecule has 2 heterocycles. The van der Waals surface area contributed by atoms with Crippen LogP contribution in [0.3, 0.4) is 0 Å². The highest BCUT2D eigenvalue weighted by atomic mass is 79.9. The molecule has 2 N–H and O–H groups in total. The van der Waals surface area contributed by atoms with Crippen LogP contribution in [0.1, 0.15) is 5.56 Å². The Morgan fingerprint density at radius 2 is 2.06 bits per heavy atom. The fraction of sp³-hybridized carbons (Fsp3) is 0.250. The molecule has 0 unspecified atom stereocenters. The molecular weight excluding hydrogens is 298 g/mol. The van der Waals surface area contributed by atoms with E-state index in [1.165, 1.54) is 0 Å². The highest BCUT2D eigenvalue weighted by Gasteiger charge is 2.24. The molecule has 3 rings (SSSR count). The summed E-state index contributed by atoms with van der Waals surface area (Å²) in [6.07, 6.45) is 1.76. The highest BCUT2D eigenvalue weighted by Crippen LogP contribution is 2.46.